The molecule has 1 aromatic rings. The van der Waals surface area contributed by atoms with Gasteiger partial charge in [-0.2, -0.15) is 0 Å². The van der Waals surface area contributed by atoms with E-state index in [-0.39, 0.29) is 0 Å². The van der Waals surface area contributed by atoms with Crippen molar-refractivity contribution in [2.24, 2.45) is 0 Å². The highest BCUT2D eigenvalue weighted by Gasteiger charge is 2.41. The summed E-state index contributed by atoms with van der Waals surface area (Å²) >= 11 is 0. The Balaban J connectivity index is 2.34. The van der Waals surface area contributed by atoms with Crippen molar-refractivity contribution < 1.29 is 14.6 Å². The molecular weight excluding hydrogens is 218 g/mol. The molecular formula is C13H17NO3. The van der Waals surface area contributed by atoms with Gasteiger partial charge in [0.25, 0.3) is 0 Å². The summed E-state index contributed by atoms with van der Waals surface area (Å²) in [5.41, 5.74) is 0.129. The van der Waals surface area contributed by atoms with E-state index in [1.54, 1.807) is 7.11 Å². The topological polar surface area (TPSA) is 58.6 Å². The van der Waals surface area contributed by atoms with E-state index in [2.05, 4.69) is 5.32 Å². The molecule has 92 valence electrons. The Bertz CT molecular complexity index is 394. The first kappa shape index (κ1) is 11.9. The highest BCUT2D eigenvalue weighted by atomic mass is 16.5. The Morgan fingerprint density at radius 1 is 1.29 bits per heavy atom. The molecule has 2 N–H and O–H groups in total. The lowest BCUT2D eigenvalue weighted by molar-refractivity contribution is -0.145. The van der Waals surface area contributed by atoms with Crippen LogP contribution in [0.5, 0.6) is 5.75 Å². The molecule has 0 amide bonds. The van der Waals surface area contributed by atoms with E-state index in [1.165, 1.54) is 0 Å². The lowest BCUT2D eigenvalue weighted by atomic mass is 9.73. The van der Waals surface area contributed by atoms with Gasteiger partial charge in [-0.1, -0.05) is 12.1 Å². The minimum atomic E-state index is -0.739. The molecule has 0 aliphatic carbocycles. The molecule has 1 saturated heterocycles. The second kappa shape index (κ2) is 4.75. The lowest BCUT2D eigenvalue weighted by Gasteiger charge is -2.34. The Hall–Kier alpha value is -1.55. The number of rotatable bonds is 3. The van der Waals surface area contributed by atoms with E-state index >= 15 is 0 Å². The normalized spacial score (nSPS) is 18.6. The number of carboxylic acids is 1. The number of piperidine rings is 1. The number of nitrogens with one attached hydrogen (secondary N) is 1. The third-order valence-corrected chi connectivity index (χ3v) is 3.51. The number of hydrogen-bond acceptors (Lipinski definition) is 3. The standard InChI is InChI=1S/C13H17NO3/c1-17-11-4-2-10(3-5-11)13(12(15)16)6-8-14-9-7-13/h2-5,14H,6-9H2,1H3,(H,15,16). The fourth-order valence-corrected chi connectivity index (χ4v) is 2.39. The lowest BCUT2D eigenvalue weighted by Crippen LogP contribution is -2.45. The van der Waals surface area contributed by atoms with Crippen LogP contribution in [0.2, 0.25) is 0 Å². The summed E-state index contributed by atoms with van der Waals surface area (Å²) in [5, 5.41) is 12.7. The van der Waals surface area contributed by atoms with Crippen LogP contribution in [-0.4, -0.2) is 31.3 Å². The van der Waals surface area contributed by atoms with Gasteiger partial charge in [-0.25, -0.2) is 0 Å². The maximum atomic E-state index is 11.6. The molecule has 0 radical (unpaired) electrons. The molecule has 4 nitrogen and oxygen atoms in total. The first-order valence-electron chi connectivity index (χ1n) is 5.78. The van der Waals surface area contributed by atoms with E-state index in [9.17, 15) is 9.90 Å². The Kier molecular flexibility index (Phi) is 3.33. The number of benzene rings is 1. The summed E-state index contributed by atoms with van der Waals surface area (Å²) in [5.74, 6) is 0.0207. The average Bonchev–Trinajstić information content (AvgIpc) is 2.39. The molecule has 1 aliphatic rings. The molecule has 4 heteroatoms. The summed E-state index contributed by atoms with van der Waals surface area (Å²) in [6.07, 6.45) is 1.27. The van der Waals surface area contributed by atoms with Crippen molar-refractivity contribution in [3.8, 4) is 5.75 Å². The highest BCUT2D eigenvalue weighted by Crippen LogP contribution is 2.34. The number of carbonyl (C=O) groups is 1. The van der Waals surface area contributed by atoms with Crippen molar-refractivity contribution in [3.63, 3.8) is 0 Å². The number of hydrogen-bond donors (Lipinski definition) is 2. The van der Waals surface area contributed by atoms with Crippen LogP contribution >= 0.6 is 0 Å². The molecule has 1 aliphatic heterocycles. The van der Waals surface area contributed by atoms with Gasteiger partial charge in [-0.3, -0.25) is 4.79 Å². The third kappa shape index (κ3) is 2.13. The number of methoxy groups -OCH3 is 1. The van der Waals surface area contributed by atoms with Gasteiger partial charge in [0.15, 0.2) is 0 Å². The van der Waals surface area contributed by atoms with Crippen LogP contribution in [0, 0.1) is 0 Å². The zero-order valence-electron chi connectivity index (χ0n) is 9.90. The monoisotopic (exact) mass is 235 g/mol. The summed E-state index contributed by atoms with van der Waals surface area (Å²) in [7, 11) is 1.60. The molecule has 0 unspecified atom stereocenters. The predicted octanol–water partition coefficient (Wildman–Crippen LogP) is 1.40. The second-order valence-electron chi connectivity index (χ2n) is 4.37. The SMILES string of the molecule is COc1ccc(C2(C(=O)O)CCNCC2)cc1. The molecule has 1 heterocycles. The Labute approximate surface area is 101 Å². The number of ether oxygens (including phenoxy) is 1. The van der Waals surface area contributed by atoms with Crippen LogP contribution in [0.1, 0.15) is 18.4 Å². The zero-order chi connectivity index (χ0) is 12.3. The zero-order valence-corrected chi connectivity index (χ0v) is 9.90. The quantitative estimate of drug-likeness (QED) is 0.831. The minimum Gasteiger partial charge on any atom is -0.497 e. The summed E-state index contributed by atoms with van der Waals surface area (Å²) in [4.78, 5) is 11.6. The van der Waals surface area contributed by atoms with Gasteiger partial charge in [0.05, 0.1) is 12.5 Å². The highest BCUT2D eigenvalue weighted by molar-refractivity contribution is 5.81. The van der Waals surface area contributed by atoms with Crippen LogP contribution in [0.25, 0.3) is 0 Å². The van der Waals surface area contributed by atoms with Crippen molar-refractivity contribution in [3.05, 3.63) is 29.8 Å². The van der Waals surface area contributed by atoms with Gasteiger partial charge in [-0.05, 0) is 43.6 Å². The van der Waals surface area contributed by atoms with E-state index in [4.69, 9.17) is 4.74 Å². The van der Waals surface area contributed by atoms with Crippen molar-refractivity contribution >= 4 is 5.97 Å². The van der Waals surface area contributed by atoms with E-state index in [0.29, 0.717) is 12.8 Å². The summed E-state index contributed by atoms with van der Waals surface area (Å²) in [6, 6.07) is 7.36. The minimum absolute atomic E-state index is 0.634. The smallest absolute Gasteiger partial charge is 0.314 e. The van der Waals surface area contributed by atoms with Crippen LogP contribution in [0.3, 0.4) is 0 Å². The Morgan fingerprint density at radius 2 is 1.88 bits per heavy atom. The van der Waals surface area contributed by atoms with Crippen LogP contribution in [0.4, 0.5) is 0 Å². The van der Waals surface area contributed by atoms with Crippen molar-refractivity contribution in [2.75, 3.05) is 20.2 Å². The maximum absolute atomic E-state index is 11.6. The molecule has 0 aromatic heterocycles. The molecule has 1 aromatic carbocycles. The Morgan fingerprint density at radius 3 is 2.35 bits per heavy atom. The first-order chi connectivity index (χ1) is 8.19. The van der Waals surface area contributed by atoms with Crippen molar-refractivity contribution in [1.29, 1.82) is 0 Å². The molecule has 0 atom stereocenters. The van der Waals surface area contributed by atoms with Gasteiger partial charge in [0.1, 0.15) is 5.75 Å². The van der Waals surface area contributed by atoms with Crippen LogP contribution in [0.15, 0.2) is 24.3 Å². The first-order valence-corrected chi connectivity index (χ1v) is 5.78. The van der Waals surface area contributed by atoms with Gasteiger partial charge < -0.3 is 15.2 Å². The summed E-state index contributed by atoms with van der Waals surface area (Å²) in [6.45, 7) is 1.50. The molecule has 2 rings (SSSR count). The van der Waals surface area contributed by atoms with E-state index < -0.39 is 11.4 Å². The summed E-state index contributed by atoms with van der Waals surface area (Å²) < 4.78 is 5.09. The average molecular weight is 235 g/mol. The molecule has 0 bridgehead atoms. The van der Waals surface area contributed by atoms with Crippen LogP contribution in [-0.2, 0) is 10.2 Å². The maximum Gasteiger partial charge on any atom is 0.314 e. The molecule has 0 saturated carbocycles. The predicted molar refractivity (Wildman–Crippen MR) is 64.4 cm³/mol. The molecule has 17 heavy (non-hydrogen) atoms. The fourth-order valence-electron chi connectivity index (χ4n) is 2.39. The van der Waals surface area contributed by atoms with Gasteiger partial charge >= 0.3 is 5.97 Å². The van der Waals surface area contributed by atoms with Gasteiger partial charge in [0, 0.05) is 0 Å². The number of carboxylic acid groups (broad SMARTS) is 1. The van der Waals surface area contributed by atoms with Gasteiger partial charge in [0.2, 0.25) is 0 Å². The van der Waals surface area contributed by atoms with Crippen molar-refractivity contribution in [1.82, 2.24) is 5.32 Å². The largest absolute Gasteiger partial charge is 0.497 e. The van der Waals surface area contributed by atoms with Crippen LogP contribution < -0.4 is 10.1 Å². The fraction of sp³-hybridized carbons (Fsp3) is 0.462. The number of aliphatic carboxylic acids is 1. The second-order valence-corrected chi connectivity index (χ2v) is 4.37. The van der Waals surface area contributed by atoms with Crippen molar-refractivity contribution in [2.45, 2.75) is 18.3 Å². The van der Waals surface area contributed by atoms with E-state index in [0.717, 1.165) is 24.4 Å². The third-order valence-electron chi connectivity index (χ3n) is 3.51. The van der Waals surface area contributed by atoms with Gasteiger partial charge in [-0.15, -0.1) is 0 Å². The van der Waals surface area contributed by atoms with E-state index in [1.807, 2.05) is 24.3 Å². The molecule has 1 fully saturated rings. The molecule has 0 spiro atoms.